The van der Waals surface area contributed by atoms with Crippen molar-refractivity contribution in [3.8, 4) is 11.4 Å². The van der Waals surface area contributed by atoms with E-state index in [0.717, 1.165) is 15.6 Å². The summed E-state index contributed by atoms with van der Waals surface area (Å²) in [5.74, 6) is -0.259. The Morgan fingerprint density at radius 2 is 2.25 bits per heavy atom. The Hall–Kier alpha value is -2.28. The van der Waals surface area contributed by atoms with Crippen molar-refractivity contribution in [2.45, 2.75) is 19.4 Å². The Morgan fingerprint density at radius 1 is 1.45 bits per heavy atom. The van der Waals surface area contributed by atoms with Crippen LogP contribution in [-0.4, -0.2) is 31.3 Å². The summed E-state index contributed by atoms with van der Waals surface area (Å²) in [6.45, 7) is 1.79. The van der Waals surface area contributed by atoms with E-state index in [4.69, 9.17) is 5.11 Å². The number of nitrogens with zero attached hydrogens (tertiary/aromatic N) is 4. The molecular formula is C13H12N4O2S. The first kappa shape index (κ1) is 12.7. The molecular weight excluding hydrogens is 276 g/mol. The zero-order valence-electron chi connectivity index (χ0n) is 10.7. The number of aliphatic carboxylic acids is 1. The van der Waals surface area contributed by atoms with Crippen molar-refractivity contribution in [1.82, 2.24) is 20.2 Å². The van der Waals surface area contributed by atoms with Gasteiger partial charge in [-0.05, 0) is 23.4 Å². The van der Waals surface area contributed by atoms with Crippen LogP contribution < -0.4 is 0 Å². The Morgan fingerprint density at radius 3 is 3.05 bits per heavy atom. The molecule has 0 saturated carbocycles. The number of benzene rings is 1. The Balaban J connectivity index is 2.07. The zero-order valence-corrected chi connectivity index (χ0v) is 11.5. The van der Waals surface area contributed by atoms with Crippen LogP contribution in [0.1, 0.15) is 19.4 Å². The van der Waals surface area contributed by atoms with Crippen LogP contribution in [0.25, 0.3) is 21.5 Å². The molecule has 102 valence electrons. The SMILES string of the molecule is CC(CC(=O)O)n1nnnc1-c1csc2ccccc12. The number of aromatic nitrogens is 4. The summed E-state index contributed by atoms with van der Waals surface area (Å²) in [5, 5.41) is 23.6. The predicted molar refractivity (Wildman–Crippen MR) is 75.6 cm³/mol. The molecule has 0 saturated heterocycles. The van der Waals surface area contributed by atoms with E-state index in [1.807, 2.05) is 29.6 Å². The highest BCUT2D eigenvalue weighted by atomic mass is 32.1. The lowest BCUT2D eigenvalue weighted by Gasteiger charge is -2.10. The van der Waals surface area contributed by atoms with Gasteiger partial charge in [0.25, 0.3) is 0 Å². The molecule has 3 aromatic rings. The number of carbonyl (C=O) groups is 1. The summed E-state index contributed by atoms with van der Waals surface area (Å²) in [5.41, 5.74) is 0.938. The van der Waals surface area contributed by atoms with Crippen molar-refractivity contribution < 1.29 is 9.90 Å². The molecule has 2 aromatic heterocycles. The quantitative estimate of drug-likeness (QED) is 0.798. The molecule has 2 heterocycles. The first-order valence-corrected chi connectivity index (χ1v) is 7.01. The molecule has 1 N–H and O–H groups in total. The molecule has 0 aliphatic carbocycles. The number of hydrogen-bond acceptors (Lipinski definition) is 5. The van der Waals surface area contributed by atoms with Gasteiger partial charge in [0, 0.05) is 21.0 Å². The van der Waals surface area contributed by atoms with E-state index in [1.165, 1.54) is 0 Å². The molecule has 0 bridgehead atoms. The van der Waals surface area contributed by atoms with E-state index >= 15 is 0 Å². The van der Waals surface area contributed by atoms with Crippen molar-refractivity contribution in [3.05, 3.63) is 29.6 Å². The number of thiophene rings is 1. The van der Waals surface area contributed by atoms with E-state index < -0.39 is 5.97 Å². The second-order valence-electron chi connectivity index (χ2n) is 4.54. The van der Waals surface area contributed by atoms with E-state index in [2.05, 4.69) is 15.5 Å². The van der Waals surface area contributed by atoms with Crippen LogP contribution in [0.5, 0.6) is 0 Å². The highest BCUT2D eigenvalue weighted by Crippen LogP contribution is 2.33. The van der Waals surface area contributed by atoms with E-state index in [-0.39, 0.29) is 12.5 Å². The van der Waals surface area contributed by atoms with E-state index in [9.17, 15) is 4.79 Å². The second kappa shape index (κ2) is 5.01. The molecule has 20 heavy (non-hydrogen) atoms. The van der Waals surface area contributed by atoms with Gasteiger partial charge in [-0.2, -0.15) is 0 Å². The molecule has 7 heteroatoms. The molecule has 1 unspecified atom stereocenters. The van der Waals surface area contributed by atoms with Gasteiger partial charge in [0.1, 0.15) is 0 Å². The van der Waals surface area contributed by atoms with Gasteiger partial charge in [-0.15, -0.1) is 16.4 Å². The molecule has 0 spiro atoms. The topological polar surface area (TPSA) is 80.9 Å². The van der Waals surface area contributed by atoms with Crippen LogP contribution in [0.15, 0.2) is 29.6 Å². The van der Waals surface area contributed by atoms with Crippen LogP contribution in [0.3, 0.4) is 0 Å². The molecule has 1 atom stereocenters. The summed E-state index contributed by atoms with van der Waals surface area (Å²) < 4.78 is 2.73. The summed E-state index contributed by atoms with van der Waals surface area (Å²) in [6.07, 6.45) is -0.0138. The fraction of sp³-hybridized carbons (Fsp3) is 0.231. The molecule has 3 rings (SSSR count). The maximum absolute atomic E-state index is 10.8. The Kier molecular flexibility index (Phi) is 3.19. The van der Waals surface area contributed by atoms with Gasteiger partial charge in [-0.3, -0.25) is 4.79 Å². The normalized spacial score (nSPS) is 12.7. The van der Waals surface area contributed by atoms with Crippen molar-refractivity contribution in [2.75, 3.05) is 0 Å². The predicted octanol–water partition coefficient (Wildman–Crippen LogP) is 2.59. The number of rotatable bonds is 4. The second-order valence-corrected chi connectivity index (χ2v) is 5.45. The van der Waals surface area contributed by atoms with Gasteiger partial charge >= 0.3 is 5.97 Å². The summed E-state index contributed by atoms with van der Waals surface area (Å²) in [4.78, 5) is 10.8. The first-order valence-electron chi connectivity index (χ1n) is 6.13. The maximum Gasteiger partial charge on any atom is 0.305 e. The molecule has 0 aliphatic heterocycles. The van der Waals surface area contributed by atoms with Gasteiger partial charge in [0.05, 0.1) is 12.5 Å². The fourth-order valence-electron chi connectivity index (χ4n) is 2.16. The molecule has 1 aromatic carbocycles. The third-order valence-corrected chi connectivity index (χ3v) is 4.07. The smallest absolute Gasteiger partial charge is 0.305 e. The number of fused-ring (bicyclic) bond motifs is 1. The molecule has 6 nitrogen and oxygen atoms in total. The monoisotopic (exact) mass is 288 g/mol. The number of hydrogen-bond donors (Lipinski definition) is 1. The lowest BCUT2D eigenvalue weighted by molar-refractivity contribution is -0.137. The first-order chi connectivity index (χ1) is 9.66. The third-order valence-electron chi connectivity index (χ3n) is 3.10. The Bertz CT molecular complexity index is 764. The van der Waals surface area contributed by atoms with Gasteiger partial charge < -0.3 is 5.11 Å². The number of carboxylic acid groups (broad SMARTS) is 1. The van der Waals surface area contributed by atoms with Crippen LogP contribution >= 0.6 is 11.3 Å². The number of carboxylic acids is 1. The molecule has 0 fully saturated rings. The van der Waals surface area contributed by atoms with Crippen molar-refractivity contribution in [2.24, 2.45) is 0 Å². The van der Waals surface area contributed by atoms with Gasteiger partial charge in [0.15, 0.2) is 5.82 Å². The molecule has 0 aliphatic rings. The average molecular weight is 288 g/mol. The minimum absolute atomic E-state index is 0.0138. The fourth-order valence-corrected chi connectivity index (χ4v) is 3.10. The minimum Gasteiger partial charge on any atom is -0.481 e. The highest BCUT2D eigenvalue weighted by Gasteiger charge is 2.19. The Labute approximate surface area is 118 Å². The van der Waals surface area contributed by atoms with Crippen LogP contribution in [-0.2, 0) is 4.79 Å². The summed E-state index contributed by atoms with van der Waals surface area (Å²) in [6, 6.07) is 7.71. The third kappa shape index (κ3) is 2.16. The lowest BCUT2D eigenvalue weighted by atomic mass is 10.1. The largest absolute Gasteiger partial charge is 0.481 e. The van der Waals surface area contributed by atoms with Gasteiger partial charge in [-0.25, -0.2) is 4.68 Å². The summed E-state index contributed by atoms with van der Waals surface area (Å²) in [7, 11) is 0. The minimum atomic E-state index is -0.867. The lowest BCUT2D eigenvalue weighted by Crippen LogP contribution is -2.13. The van der Waals surface area contributed by atoms with Crippen LogP contribution in [0, 0.1) is 0 Å². The van der Waals surface area contributed by atoms with Crippen molar-refractivity contribution >= 4 is 27.4 Å². The zero-order chi connectivity index (χ0) is 14.1. The van der Waals surface area contributed by atoms with Crippen LogP contribution in [0.2, 0.25) is 0 Å². The molecule has 0 amide bonds. The molecule has 0 radical (unpaired) electrons. The van der Waals surface area contributed by atoms with Crippen LogP contribution in [0.4, 0.5) is 0 Å². The van der Waals surface area contributed by atoms with Gasteiger partial charge in [-0.1, -0.05) is 18.2 Å². The standard InChI is InChI=1S/C13H12N4O2S/c1-8(6-12(18)19)17-13(14-15-16-17)10-7-20-11-5-3-2-4-9(10)11/h2-5,7-8H,6H2,1H3,(H,18,19). The highest BCUT2D eigenvalue weighted by molar-refractivity contribution is 7.17. The average Bonchev–Trinajstić information content (AvgIpc) is 3.03. The van der Waals surface area contributed by atoms with Crippen molar-refractivity contribution in [3.63, 3.8) is 0 Å². The van der Waals surface area contributed by atoms with Crippen molar-refractivity contribution in [1.29, 1.82) is 0 Å². The summed E-state index contributed by atoms with van der Waals surface area (Å²) >= 11 is 1.62. The maximum atomic E-state index is 10.8. The number of tetrazole rings is 1. The van der Waals surface area contributed by atoms with E-state index in [1.54, 1.807) is 22.9 Å². The van der Waals surface area contributed by atoms with E-state index in [0.29, 0.717) is 5.82 Å². The van der Waals surface area contributed by atoms with Gasteiger partial charge in [0.2, 0.25) is 0 Å².